The van der Waals surface area contributed by atoms with Crippen molar-refractivity contribution in [3.63, 3.8) is 0 Å². The summed E-state index contributed by atoms with van der Waals surface area (Å²) >= 11 is 0. The molecule has 3 aliphatic rings. The van der Waals surface area contributed by atoms with E-state index in [1.807, 2.05) is 0 Å². The van der Waals surface area contributed by atoms with Gasteiger partial charge >= 0.3 is 0 Å². The number of carbonyl (C=O) groups is 1. The minimum Gasteiger partial charge on any atom is -0.379 e. The quantitative estimate of drug-likeness (QED) is 0.803. The summed E-state index contributed by atoms with van der Waals surface area (Å²) < 4.78 is 5.51. The zero-order valence-electron chi connectivity index (χ0n) is 13.0. The number of carbonyl (C=O) groups excluding carboxylic acids is 1. The first kappa shape index (κ1) is 15.3. The minimum absolute atomic E-state index is 0.176. The lowest BCUT2D eigenvalue weighted by Crippen LogP contribution is -2.60. The molecule has 0 spiro atoms. The number of hydrogen-bond acceptors (Lipinski definition) is 4. The Morgan fingerprint density at radius 2 is 2.00 bits per heavy atom. The Morgan fingerprint density at radius 3 is 2.67 bits per heavy atom. The van der Waals surface area contributed by atoms with Crippen molar-refractivity contribution in [2.24, 2.45) is 5.92 Å². The molecule has 2 heterocycles. The van der Waals surface area contributed by atoms with Gasteiger partial charge in [0, 0.05) is 31.7 Å². The number of nitrogens with zero attached hydrogens (tertiary/aromatic N) is 1. The summed E-state index contributed by atoms with van der Waals surface area (Å²) in [6, 6.07) is 0. The Kier molecular flexibility index (Phi) is 5.14. The average Bonchev–Trinajstić information content (AvgIpc) is 3.09. The van der Waals surface area contributed by atoms with E-state index >= 15 is 0 Å². The van der Waals surface area contributed by atoms with Crippen LogP contribution in [0.2, 0.25) is 0 Å². The third-order valence-electron chi connectivity index (χ3n) is 5.49. The van der Waals surface area contributed by atoms with Crippen LogP contribution in [0.5, 0.6) is 0 Å². The normalized spacial score (nSPS) is 30.2. The third kappa shape index (κ3) is 3.58. The largest absolute Gasteiger partial charge is 0.379 e. The number of amides is 1. The number of morpholine rings is 1. The Labute approximate surface area is 127 Å². The molecule has 0 bridgehead atoms. The summed E-state index contributed by atoms with van der Waals surface area (Å²) in [6.07, 6.45) is 7.34. The van der Waals surface area contributed by atoms with Crippen LogP contribution in [-0.4, -0.2) is 62.3 Å². The standard InChI is InChI=1S/C16H29N3O2/c20-15(14-4-7-17-12-14)18-13-16(5-2-1-3-6-16)19-8-10-21-11-9-19/h14,17H,1-13H2,(H,18,20). The lowest BCUT2D eigenvalue weighted by Gasteiger charge is -2.48. The van der Waals surface area contributed by atoms with Crippen LogP contribution in [-0.2, 0) is 9.53 Å². The number of rotatable bonds is 4. The van der Waals surface area contributed by atoms with Crippen molar-refractivity contribution in [3.8, 4) is 0 Å². The molecule has 0 radical (unpaired) electrons. The summed E-state index contributed by atoms with van der Waals surface area (Å²) in [7, 11) is 0. The fraction of sp³-hybridized carbons (Fsp3) is 0.938. The maximum Gasteiger partial charge on any atom is 0.224 e. The van der Waals surface area contributed by atoms with Gasteiger partial charge in [-0.25, -0.2) is 0 Å². The Hall–Kier alpha value is -0.650. The second-order valence-corrected chi connectivity index (χ2v) is 6.79. The molecule has 0 aromatic heterocycles. The Balaban J connectivity index is 1.60. The summed E-state index contributed by atoms with van der Waals surface area (Å²) in [5.74, 6) is 0.425. The molecule has 2 aliphatic heterocycles. The number of hydrogen-bond donors (Lipinski definition) is 2. The van der Waals surface area contributed by atoms with Gasteiger partial charge in [0.15, 0.2) is 0 Å². The molecule has 21 heavy (non-hydrogen) atoms. The molecule has 2 saturated heterocycles. The van der Waals surface area contributed by atoms with E-state index in [9.17, 15) is 4.79 Å². The van der Waals surface area contributed by atoms with E-state index in [0.29, 0.717) is 0 Å². The molecule has 3 fully saturated rings. The predicted octanol–water partition coefficient (Wildman–Crippen LogP) is 0.747. The van der Waals surface area contributed by atoms with Crippen LogP contribution in [0, 0.1) is 5.92 Å². The molecular formula is C16H29N3O2. The van der Waals surface area contributed by atoms with Crippen LogP contribution in [0.1, 0.15) is 38.5 Å². The van der Waals surface area contributed by atoms with Gasteiger partial charge in [-0.15, -0.1) is 0 Å². The second-order valence-electron chi connectivity index (χ2n) is 6.79. The van der Waals surface area contributed by atoms with Gasteiger partial charge in [0.25, 0.3) is 0 Å². The molecule has 1 amide bonds. The van der Waals surface area contributed by atoms with Crippen LogP contribution in [0.15, 0.2) is 0 Å². The second kappa shape index (κ2) is 7.07. The predicted molar refractivity (Wildman–Crippen MR) is 82.2 cm³/mol. The molecular weight excluding hydrogens is 266 g/mol. The van der Waals surface area contributed by atoms with Crippen molar-refractivity contribution >= 4 is 5.91 Å². The van der Waals surface area contributed by atoms with E-state index in [-0.39, 0.29) is 17.4 Å². The average molecular weight is 295 g/mol. The third-order valence-corrected chi connectivity index (χ3v) is 5.49. The van der Waals surface area contributed by atoms with E-state index in [4.69, 9.17) is 4.74 Å². The SMILES string of the molecule is O=C(NCC1(N2CCOCC2)CCCCC1)C1CCNC1. The molecule has 1 atom stereocenters. The van der Waals surface area contributed by atoms with Gasteiger partial charge in [-0.2, -0.15) is 0 Å². The van der Waals surface area contributed by atoms with E-state index < -0.39 is 0 Å². The molecule has 1 saturated carbocycles. The topological polar surface area (TPSA) is 53.6 Å². The first-order chi connectivity index (χ1) is 10.3. The summed E-state index contributed by atoms with van der Waals surface area (Å²) in [4.78, 5) is 14.9. The summed E-state index contributed by atoms with van der Waals surface area (Å²) in [5, 5.41) is 6.55. The van der Waals surface area contributed by atoms with Gasteiger partial charge in [-0.3, -0.25) is 9.69 Å². The molecule has 5 heteroatoms. The first-order valence-electron chi connectivity index (χ1n) is 8.61. The zero-order valence-corrected chi connectivity index (χ0v) is 13.0. The monoisotopic (exact) mass is 295 g/mol. The van der Waals surface area contributed by atoms with E-state index in [1.165, 1.54) is 32.1 Å². The van der Waals surface area contributed by atoms with Crippen molar-refractivity contribution in [1.29, 1.82) is 0 Å². The van der Waals surface area contributed by atoms with Crippen LogP contribution >= 0.6 is 0 Å². The van der Waals surface area contributed by atoms with Crippen LogP contribution in [0.25, 0.3) is 0 Å². The molecule has 0 aromatic rings. The van der Waals surface area contributed by atoms with Crippen LogP contribution in [0.4, 0.5) is 0 Å². The molecule has 0 aromatic carbocycles. The van der Waals surface area contributed by atoms with Gasteiger partial charge in [0.1, 0.15) is 0 Å². The van der Waals surface area contributed by atoms with Crippen molar-refractivity contribution in [2.75, 3.05) is 45.9 Å². The van der Waals surface area contributed by atoms with Crippen LogP contribution < -0.4 is 10.6 Å². The highest BCUT2D eigenvalue weighted by molar-refractivity contribution is 5.79. The van der Waals surface area contributed by atoms with Crippen molar-refractivity contribution in [1.82, 2.24) is 15.5 Å². The van der Waals surface area contributed by atoms with Crippen molar-refractivity contribution < 1.29 is 9.53 Å². The van der Waals surface area contributed by atoms with Crippen molar-refractivity contribution in [3.05, 3.63) is 0 Å². The Morgan fingerprint density at radius 1 is 1.24 bits per heavy atom. The minimum atomic E-state index is 0.176. The molecule has 1 aliphatic carbocycles. The fourth-order valence-corrected chi connectivity index (χ4v) is 4.13. The summed E-state index contributed by atoms with van der Waals surface area (Å²) in [5.41, 5.74) is 0.184. The maximum absolute atomic E-state index is 12.3. The number of nitrogens with one attached hydrogen (secondary N) is 2. The Bertz CT molecular complexity index is 343. The van der Waals surface area contributed by atoms with E-state index in [0.717, 1.165) is 52.4 Å². The molecule has 1 unspecified atom stereocenters. The van der Waals surface area contributed by atoms with Gasteiger partial charge in [-0.1, -0.05) is 19.3 Å². The highest BCUT2D eigenvalue weighted by Gasteiger charge is 2.39. The smallest absolute Gasteiger partial charge is 0.224 e. The first-order valence-corrected chi connectivity index (χ1v) is 8.61. The van der Waals surface area contributed by atoms with E-state index in [2.05, 4.69) is 15.5 Å². The zero-order chi connectivity index (χ0) is 14.5. The molecule has 5 nitrogen and oxygen atoms in total. The van der Waals surface area contributed by atoms with Gasteiger partial charge in [0.05, 0.1) is 19.1 Å². The van der Waals surface area contributed by atoms with Gasteiger partial charge in [-0.05, 0) is 25.8 Å². The summed E-state index contributed by atoms with van der Waals surface area (Å²) in [6.45, 7) is 6.34. The van der Waals surface area contributed by atoms with Crippen molar-refractivity contribution in [2.45, 2.75) is 44.1 Å². The fourth-order valence-electron chi connectivity index (χ4n) is 4.13. The highest BCUT2D eigenvalue weighted by Crippen LogP contribution is 2.34. The number of ether oxygens (including phenoxy) is 1. The van der Waals surface area contributed by atoms with Crippen LogP contribution in [0.3, 0.4) is 0 Å². The van der Waals surface area contributed by atoms with Gasteiger partial charge in [0.2, 0.25) is 5.91 Å². The molecule has 120 valence electrons. The lowest BCUT2D eigenvalue weighted by atomic mass is 9.79. The lowest BCUT2D eigenvalue weighted by molar-refractivity contribution is -0.125. The van der Waals surface area contributed by atoms with E-state index in [1.54, 1.807) is 0 Å². The highest BCUT2D eigenvalue weighted by atomic mass is 16.5. The molecule has 3 rings (SSSR count). The maximum atomic E-state index is 12.3. The molecule has 2 N–H and O–H groups in total. The van der Waals surface area contributed by atoms with Gasteiger partial charge < -0.3 is 15.4 Å².